The molecule has 0 radical (unpaired) electrons. The average molecular weight is 372 g/mol. The van der Waals surface area contributed by atoms with E-state index in [4.69, 9.17) is 0 Å². The molecule has 7 heteroatoms. The maximum absolute atomic E-state index is 10.7. The van der Waals surface area contributed by atoms with Gasteiger partial charge in [-0.3, -0.25) is 14.8 Å². The highest BCUT2D eigenvalue weighted by molar-refractivity contribution is 14.1. The molecule has 0 fully saturated rings. The van der Waals surface area contributed by atoms with E-state index in [2.05, 4.69) is 33.0 Å². The van der Waals surface area contributed by atoms with Crippen LogP contribution in [-0.4, -0.2) is 14.7 Å². The number of rotatable bonds is 4. The van der Waals surface area contributed by atoms with Gasteiger partial charge in [-0.25, -0.2) is 0 Å². The number of nitro benzene ring substituents is 1. The van der Waals surface area contributed by atoms with E-state index < -0.39 is 4.92 Å². The van der Waals surface area contributed by atoms with Crippen LogP contribution in [0.25, 0.3) is 0 Å². The first-order valence-electron chi connectivity index (χ1n) is 5.64. The minimum atomic E-state index is -0.392. The van der Waals surface area contributed by atoms with E-state index in [1.165, 1.54) is 6.07 Å². The summed E-state index contributed by atoms with van der Waals surface area (Å²) < 4.78 is 2.64. The third kappa shape index (κ3) is 3.03. The largest absolute Gasteiger partial charge is 0.380 e. The number of non-ortho nitro benzene ring substituents is 1. The molecule has 0 amide bonds. The van der Waals surface area contributed by atoms with Gasteiger partial charge in [0.15, 0.2) is 0 Å². The van der Waals surface area contributed by atoms with Crippen LogP contribution < -0.4 is 5.32 Å². The molecule has 0 bridgehead atoms. The predicted molar refractivity (Wildman–Crippen MR) is 81.1 cm³/mol. The summed E-state index contributed by atoms with van der Waals surface area (Å²) in [5.41, 5.74) is 3.20. The fourth-order valence-corrected chi connectivity index (χ4v) is 2.36. The second-order valence-corrected chi connectivity index (χ2v) is 5.32. The number of nitrogens with zero attached hydrogens (tertiary/aromatic N) is 3. The number of anilines is 1. The van der Waals surface area contributed by atoms with Crippen molar-refractivity contribution in [3.8, 4) is 0 Å². The van der Waals surface area contributed by atoms with Crippen LogP contribution in [0.3, 0.4) is 0 Å². The van der Waals surface area contributed by atoms with Gasteiger partial charge in [0.2, 0.25) is 0 Å². The molecular weight excluding hydrogens is 359 g/mol. The fraction of sp³-hybridized carbons (Fsp3) is 0.250. The van der Waals surface area contributed by atoms with Crippen molar-refractivity contribution in [3.63, 3.8) is 0 Å². The highest BCUT2D eigenvalue weighted by Gasteiger charge is 2.09. The lowest BCUT2D eigenvalue weighted by atomic mass is 10.2. The molecule has 0 saturated heterocycles. The standard InChI is InChI=1S/C12H13IN4O2/c1-8-9(7-15-16(8)2)6-14-12-4-3-10(17(18)19)5-11(12)13/h3-5,7,14H,6H2,1-2H3. The van der Waals surface area contributed by atoms with Crippen molar-refractivity contribution in [2.45, 2.75) is 13.5 Å². The molecule has 0 unspecified atom stereocenters. The van der Waals surface area contributed by atoms with Crippen LogP contribution in [0.5, 0.6) is 0 Å². The lowest BCUT2D eigenvalue weighted by molar-refractivity contribution is -0.384. The van der Waals surface area contributed by atoms with Gasteiger partial charge in [0.25, 0.3) is 5.69 Å². The highest BCUT2D eigenvalue weighted by Crippen LogP contribution is 2.24. The molecule has 0 aliphatic carbocycles. The van der Waals surface area contributed by atoms with E-state index in [9.17, 15) is 10.1 Å². The SMILES string of the molecule is Cc1c(CNc2ccc([N+](=O)[O-])cc2I)cnn1C. The van der Waals surface area contributed by atoms with Crippen LogP contribution in [0.1, 0.15) is 11.3 Å². The summed E-state index contributed by atoms with van der Waals surface area (Å²) in [5, 5.41) is 18.1. The molecule has 0 aliphatic heterocycles. The van der Waals surface area contributed by atoms with Gasteiger partial charge in [-0.15, -0.1) is 0 Å². The topological polar surface area (TPSA) is 73.0 Å². The van der Waals surface area contributed by atoms with Gasteiger partial charge >= 0.3 is 0 Å². The number of benzene rings is 1. The Morgan fingerprint density at radius 3 is 2.79 bits per heavy atom. The number of aryl methyl sites for hydroxylation is 1. The molecule has 2 aromatic rings. The summed E-state index contributed by atoms with van der Waals surface area (Å²) in [7, 11) is 1.90. The van der Waals surface area contributed by atoms with Crippen molar-refractivity contribution < 1.29 is 4.92 Å². The predicted octanol–water partition coefficient (Wildman–Crippen LogP) is 2.85. The molecule has 2 rings (SSSR count). The van der Waals surface area contributed by atoms with Crippen molar-refractivity contribution in [1.29, 1.82) is 0 Å². The molecule has 0 aliphatic rings. The molecule has 1 N–H and O–H groups in total. The zero-order valence-corrected chi connectivity index (χ0v) is 12.7. The minimum absolute atomic E-state index is 0.104. The highest BCUT2D eigenvalue weighted by atomic mass is 127. The van der Waals surface area contributed by atoms with Crippen molar-refractivity contribution in [2.24, 2.45) is 7.05 Å². The lowest BCUT2D eigenvalue weighted by Gasteiger charge is -2.08. The van der Waals surface area contributed by atoms with Gasteiger partial charge in [0.1, 0.15) is 0 Å². The van der Waals surface area contributed by atoms with Crippen LogP contribution in [-0.2, 0) is 13.6 Å². The second kappa shape index (κ2) is 5.55. The van der Waals surface area contributed by atoms with E-state index in [1.54, 1.807) is 12.1 Å². The summed E-state index contributed by atoms with van der Waals surface area (Å²) in [6.07, 6.45) is 1.82. The van der Waals surface area contributed by atoms with Crippen LogP contribution in [0.15, 0.2) is 24.4 Å². The summed E-state index contributed by atoms with van der Waals surface area (Å²) in [6.45, 7) is 2.65. The first-order chi connectivity index (χ1) is 8.99. The Labute approximate surface area is 124 Å². The maximum atomic E-state index is 10.7. The molecule has 0 spiro atoms. The van der Waals surface area contributed by atoms with Crippen LogP contribution in [0, 0.1) is 20.6 Å². The lowest BCUT2D eigenvalue weighted by Crippen LogP contribution is -2.03. The third-order valence-corrected chi connectivity index (χ3v) is 3.86. The van der Waals surface area contributed by atoms with Crippen LogP contribution >= 0.6 is 22.6 Å². The smallest absolute Gasteiger partial charge is 0.270 e. The van der Waals surface area contributed by atoms with E-state index in [0.717, 1.165) is 20.5 Å². The summed E-state index contributed by atoms with van der Waals surface area (Å²) in [6, 6.07) is 4.78. The monoisotopic (exact) mass is 372 g/mol. The fourth-order valence-electron chi connectivity index (χ4n) is 1.67. The summed E-state index contributed by atoms with van der Waals surface area (Å²) in [4.78, 5) is 10.3. The van der Waals surface area contributed by atoms with Crippen LogP contribution in [0.4, 0.5) is 11.4 Å². The number of hydrogen-bond acceptors (Lipinski definition) is 4. The van der Waals surface area contributed by atoms with Crippen molar-refractivity contribution in [2.75, 3.05) is 5.32 Å². The molecule has 19 heavy (non-hydrogen) atoms. The summed E-state index contributed by atoms with van der Waals surface area (Å²) >= 11 is 2.09. The van der Waals surface area contributed by atoms with E-state index in [1.807, 2.05) is 24.9 Å². The number of halogens is 1. The van der Waals surface area contributed by atoms with Gasteiger partial charge < -0.3 is 5.32 Å². The Balaban J connectivity index is 2.12. The number of nitro groups is 1. The Morgan fingerprint density at radius 1 is 1.53 bits per heavy atom. The zero-order chi connectivity index (χ0) is 14.0. The molecule has 1 aromatic heterocycles. The first-order valence-corrected chi connectivity index (χ1v) is 6.72. The number of aromatic nitrogens is 2. The maximum Gasteiger partial charge on any atom is 0.270 e. The Morgan fingerprint density at radius 2 is 2.26 bits per heavy atom. The van der Waals surface area contributed by atoms with Gasteiger partial charge in [-0.05, 0) is 35.6 Å². The van der Waals surface area contributed by atoms with Gasteiger partial charge in [0.05, 0.1) is 11.1 Å². The van der Waals surface area contributed by atoms with Crippen molar-refractivity contribution >= 4 is 34.0 Å². The van der Waals surface area contributed by atoms with Crippen molar-refractivity contribution in [1.82, 2.24) is 9.78 Å². The van der Waals surface area contributed by atoms with E-state index in [-0.39, 0.29) is 5.69 Å². The minimum Gasteiger partial charge on any atom is -0.380 e. The van der Waals surface area contributed by atoms with Gasteiger partial charge in [-0.2, -0.15) is 5.10 Å². The molecular formula is C12H13IN4O2. The van der Waals surface area contributed by atoms with Gasteiger partial charge in [0, 0.05) is 46.2 Å². The normalized spacial score (nSPS) is 10.5. The van der Waals surface area contributed by atoms with E-state index >= 15 is 0 Å². The number of hydrogen-bond donors (Lipinski definition) is 1. The van der Waals surface area contributed by atoms with Crippen molar-refractivity contribution in [3.05, 3.63) is 49.3 Å². The Hall–Kier alpha value is -1.64. The molecule has 100 valence electrons. The zero-order valence-electron chi connectivity index (χ0n) is 10.6. The van der Waals surface area contributed by atoms with Gasteiger partial charge in [-0.1, -0.05) is 0 Å². The first kappa shape index (κ1) is 13.8. The molecule has 6 nitrogen and oxygen atoms in total. The second-order valence-electron chi connectivity index (χ2n) is 4.15. The third-order valence-electron chi connectivity index (χ3n) is 2.97. The van der Waals surface area contributed by atoms with Crippen LogP contribution in [0.2, 0.25) is 0 Å². The van der Waals surface area contributed by atoms with E-state index in [0.29, 0.717) is 6.54 Å². The Bertz CT molecular complexity index is 624. The molecule has 1 heterocycles. The summed E-state index contributed by atoms with van der Waals surface area (Å²) in [5.74, 6) is 0. The molecule has 0 saturated carbocycles. The average Bonchev–Trinajstić information content (AvgIpc) is 2.68. The molecule has 0 atom stereocenters. The molecule has 1 aromatic carbocycles. The quantitative estimate of drug-likeness (QED) is 0.509. The Kier molecular flexibility index (Phi) is 4.03. The number of nitrogens with one attached hydrogen (secondary N) is 1.